The SMILES string of the molecule is CC1=C(c2cccc([N+](=O)[O-])c2)C(c2cccc([N+](=O)[O-])c2)/C(=C\c2cccc([N+](=O)[O-])c2)C1=O. The van der Waals surface area contributed by atoms with E-state index >= 15 is 0 Å². The van der Waals surface area contributed by atoms with Gasteiger partial charge >= 0.3 is 0 Å². The monoisotopic (exact) mass is 471 g/mol. The van der Waals surface area contributed by atoms with Gasteiger partial charge in [-0.3, -0.25) is 35.1 Å². The summed E-state index contributed by atoms with van der Waals surface area (Å²) < 4.78 is 0. The van der Waals surface area contributed by atoms with Gasteiger partial charge in [0.15, 0.2) is 5.78 Å². The van der Waals surface area contributed by atoms with E-state index in [1.54, 1.807) is 25.1 Å². The minimum absolute atomic E-state index is 0.153. The molecule has 3 aromatic carbocycles. The predicted octanol–water partition coefficient (Wildman–Crippen LogP) is 5.63. The molecule has 1 aliphatic rings. The normalized spacial score (nSPS) is 16.5. The minimum atomic E-state index is -0.774. The van der Waals surface area contributed by atoms with Crippen molar-refractivity contribution in [3.05, 3.63) is 131 Å². The maximum atomic E-state index is 13.4. The van der Waals surface area contributed by atoms with E-state index in [-0.39, 0.29) is 28.4 Å². The van der Waals surface area contributed by atoms with Crippen LogP contribution in [0.3, 0.4) is 0 Å². The zero-order valence-electron chi connectivity index (χ0n) is 18.3. The van der Waals surface area contributed by atoms with Crippen LogP contribution in [-0.4, -0.2) is 20.6 Å². The van der Waals surface area contributed by atoms with Crippen LogP contribution in [0.5, 0.6) is 0 Å². The molecule has 3 aromatic rings. The summed E-state index contributed by atoms with van der Waals surface area (Å²) in [7, 11) is 0. The first-order valence-corrected chi connectivity index (χ1v) is 10.4. The van der Waals surface area contributed by atoms with Crippen molar-refractivity contribution in [2.45, 2.75) is 12.8 Å². The number of nitro groups is 3. The average molecular weight is 471 g/mol. The van der Waals surface area contributed by atoms with Gasteiger partial charge in [0.05, 0.1) is 14.8 Å². The van der Waals surface area contributed by atoms with Crippen LogP contribution in [0.4, 0.5) is 17.1 Å². The van der Waals surface area contributed by atoms with Crippen LogP contribution in [-0.2, 0) is 4.79 Å². The summed E-state index contributed by atoms with van der Waals surface area (Å²) in [6, 6.07) is 17.4. The zero-order valence-corrected chi connectivity index (χ0v) is 18.3. The maximum absolute atomic E-state index is 13.4. The Morgan fingerprint density at radius 1 is 0.743 bits per heavy atom. The van der Waals surface area contributed by atoms with Gasteiger partial charge in [0.25, 0.3) is 17.1 Å². The Morgan fingerprint density at radius 3 is 1.91 bits per heavy atom. The summed E-state index contributed by atoms with van der Waals surface area (Å²) in [6.45, 7) is 1.59. The highest BCUT2D eigenvalue weighted by molar-refractivity contribution is 6.22. The Kier molecular flexibility index (Phi) is 6.03. The van der Waals surface area contributed by atoms with Crippen molar-refractivity contribution in [2.75, 3.05) is 0 Å². The lowest BCUT2D eigenvalue weighted by atomic mass is 9.84. The van der Waals surface area contributed by atoms with Crippen LogP contribution in [0.25, 0.3) is 11.6 Å². The number of hydrogen-bond acceptors (Lipinski definition) is 7. The second kappa shape index (κ2) is 9.10. The van der Waals surface area contributed by atoms with Gasteiger partial charge in [-0.1, -0.05) is 36.4 Å². The molecule has 10 heteroatoms. The molecule has 0 heterocycles. The first-order chi connectivity index (χ1) is 16.7. The van der Waals surface area contributed by atoms with Crippen molar-refractivity contribution in [2.24, 2.45) is 0 Å². The second-order valence-electron chi connectivity index (χ2n) is 7.91. The van der Waals surface area contributed by atoms with E-state index in [0.717, 1.165) is 0 Å². The van der Waals surface area contributed by atoms with Gasteiger partial charge in [-0.15, -0.1) is 0 Å². The molecule has 0 spiro atoms. The number of carbonyl (C=O) groups excluding carboxylic acids is 1. The van der Waals surface area contributed by atoms with E-state index in [0.29, 0.717) is 27.8 Å². The van der Waals surface area contributed by atoms with Crippen molar-refractivity contribution < 1.29 is 19.6 Å². The Labute approximate surface area is 198 Å². The quantitative estimate of drug-likeness (QED) is 0.257. The minimum Gasteiger partial charge on any atom is -0.289 e. The van der Waals surface area contributed by atoms with E-state index in [1.165, 1.54) is 60.7 Å². The Bertz CT molecular complexity index is 1470. The molecular formula is C25H17N3O7. The van der Waals surface area contributed by atoms with Crippen molar-refractivity contribution in [3.63, 3.8) is 0 Å². The Balaban J connectivity index is 1.95. The average Bonchev–Trinajstić information content (AvgIpc) is 3.09. The van der Waals surface area contributed by atoms with Crippen molar-refractivity contribution in [1.82, 2.24) is 0 Å². The molecule has 0 aromatic heterocycles. The summed E-state index contributed by atoms with van der Waals surface area (Å²) in [5, 5.41) is 34.0. The number of hydrogen-bond donors (Lipinski definition) is 0. The first kappa shape index (κ1) is 23.2. The van der Waals surface area contributed by atoms with Crippen LogP contribution in [0, 0.1) is 30.3 Å². The Hall–Kier alpha value is -4.99. The third-order valence-corrected chi connectivity index (χ3v) is 5.79. The highest BCUT2D eigenvalue weighted by Gasteiger charge is 2.37. The van der Waals surface area contributed by atoms with Gasteiger partial charge in [-0.05, 0) is 35.3 Å². The smallest absolute Gasteiger partial charge is 0.270 e. The van der Waals surface area contributed by atoms with Crippen LogP contribution < -0.4 is 0 Å². The summed E-state index contributed by atoms with van der Waals surface area (Å²) in [4.78, 5) is 45.7. The van der Waals surface area contributed by atoms with Crippen LogP contribution in [0.1, 0.15) is 29.5 Å². The third kappa shape index (κ3) is 4.44. The molecule has 0 N–H and O–H groups in total. The molecule has 1 atom stereocenters. The number of non-ortho nitro benzene ring substituents is 3. The number of rotatable bonds is 6. The topological polar surface area (TPSA) is 146 Å². The number of Topliss-reactive ketones (excluding diaryl/α,β-unsaturated/α-hetero) is 1. The summed E-state index contributed by atoms with van der Waals surface area (Å²) in [6.07, 6.45) is 1.52. The number of nitro benzene ring substituents is 3. The largest absolute Gasteiger partial charge is 0.289 e. The summed E-state index contributed by atoms with van der Waals surface area (Å²) in [5.74, 6) is -1.13. The van der Waals surface area contributed by atoms with Gasteiger partial charge in [0, 0.05) is 53.5 Å². The molecular weight excluding hydrogens is 454 g/mol. The van der Waals surface area contributed by atoms with Gasteiger partial charge in [0.1, 0.15) is 0 Å². The number of ketones is 1. The first-order valence-electron chi connectivity index (χ1n) is 10.4. The molecule has 0 saturated carbocycles. The Morgan fingerprint density at radius 2 is 1.29 bits per heavy atom. The van der Waals surface area contributed by atoms with E-state index < -0.39 is 20.7 Å². The van der Waals surface area contributed by atoms with Gasteiger partial charge in [0.2, 0.25) is 0 Å². The van der Waals surface area contributed by atoms with Gasteiger partial charge < -0.3 is 0 Å². The van der Waals surface area contributed by atoms with E-state index in [1.807, 2.05) is 0 Å². The summed E-state index contributed by atoms with van der Waals surface area (Å²) in [5.41, 5.74) is 1.87. The molecule has 4 rings (SSSR count). The van der Waals surface area contributed by atoms with E-state index in [4.69, 9.17) is 0 Å². The van der Waals surface area contributed by atoms with Crippen molar-refractivity contribution in [1.29, 1.82) is 0 Å². The second-order valence-corrected chi connectivity index (χ2v) is 7.91. The molecule has 0 radical (unpaired) electrons. The summed E-state index contributed by atoms with van der Waals surface area (Å²) >= 11 is 0. The van der Waals surface area contributed by atoms with Crippen molar-refractivity contribution >= 4 is 34.5 Å². The fourth-order valence-electron chi connectivity index (χ4n) is 4.23. The van der Waals surface area contributed by atoms with Gasteiger partial charge in [-0.25, -0.2) is 0 Å². The number of carbonyl (C=O) groups is 1. The number of allylic oxidation sites excluding steroid dienone is 3. The molecule has 0 aliphatic heterocycles. The number of benzene rings is 3. The lowest BCUT2D eigenvalue weighted by Gasteiger charge is -2.18. The highest BCUT2D eigenvalue weighted by Crippen LogP contribution is 2.48. The molecule has 0 bridgehead atoms. The molecule has 1 unspecified atom stereocenters. The molecule has 174 valence electrons. The van der Waals surface area contributed by atoms with Crippen LogP contribution in [0.2, 0.25) is 0 Å². The molecule has 35 heavy (non-hydrogen) atoms. The predicted molar refractivity (Wildman–Crippen MR) is 128 cm³/mol. The highest BCUT2D eigenvalue weighted by atomic mass is 16.6. The molecule has 0 amide bonds. The molecule has 0 saturated heterocycles. The van der Waals surface area contributed by atoms with E-state index in [2.05, 4.69) is 0 Å². The lowest BCUT2D eigenvalue weighted by molar-refractivity contribution is -0.385. The molecule has 0 fully saturated rings. The zero-order chi connectivity index (χ0) is 25.3. The standard InChI is InChI=1S/C25H17N3O7/c1-15-23(17-6-3-9-20(13-17)27(32)33)24(18-7-4-10-21(14-18)28(34)35)22(25(15)29)12-16-5-2-8-19(11-16)26(30)31/h2-14,24H,1H3/b22-12+. The fraction of sp³-hybridized carbons (Fsp3) is 0.0800. The van der Waals surface area contributed by atoms with E-state index in [9.17, 15) is 35.1 Å². The molecule has 10 nitrogen and oxygen atoms in total. The maximum Gasteiger partial charge on any atom is 0.270 e. The van der Waals surface area contributed by atoms with Crippen LogP contribution in [0.15, 0.2) is 83.9 Å². The van der Waals surface area contributed by atoms with Crippen molar-refractivity contribution in [3.8, 4) is 0 Å². The van der Waals surface area contributed by atoms with Gasteiger partial charge in [-0.2, -0.15) is 0 Å². The van der Waals surface area contributed by atoms with Crippen LogP contribution >= 0.6 is 0 Å². The molecule has 1 aliphatic carbocycles. The fourth-order valence-corrected chi connectivity index (χ4v) is 4.23. The third-order valence-electron chi connectivity index (χ3n) is 5.79. The lowest BCUT2D eigenvalue weighted by Crippen LogP contribution is -2.05. The number of nitrogens with zero attached hydrogens (tertiary/aromatic N) is 3.